The average Bonchev–Trinajstić information content (AvgIpc) is 3.10. The monoisotopic (exact) mass is 357 g/mol. The van der Waals surface area contributed by atoms with Gasteiger partial charge in [0.25, 0.3) is 5.91 Å². The van der Waals surface area contributed by atoms with Crippen molar-refractivity contribution >= 4 is 28.7 Å². The number of carbonyl (C=O) groups excluding carboxylic acids is 1. The lowest BCUT2D eigenvalue weighted by atomic mass is 10.1. The molecule has 1 atom stereocenters. The van der Waals surface area contributed by atoms with Crippen LogP contribution in [0.2, 0.25) is 0 Å². The zero-order chi connectivity index (χ0) is 17.6. The predicted octanol–water partition coefficient (Wildman–Crippen LogP) is 2.48. The van der Waals surface area contributed by atoms with Gasteiger partial charge in [-0.3, -0.25) is 4.79 Å². The van der Waals surface area contributed by atoms with E-state index in [1.165, 1.54) is 0 Å². The molecule has 0 aliphatic heterocycles. The van der Waals surface area contributed by atoms with Crippen molar-refractivity contribution in [3.63, 3.8) is 0 Å². The second kappa shape index (κ2) is 8.15. The summed E-state index contributed by atoms with van der Waals surface area (Å²) in [6.45, 7) is 2.47. The normalized spacial score (nSPS) is 12.2. The smallest absolute Gasteiger partial charge is 0.251 e. The van der Waals surface area contributed by atoms with Gasteiger partial charge in [-0.1, -0.05) is 29.8 Å². The lowest BCUT2D eigenvalue weighted by Gasteiger charge is -2.19. The van der Waals surface area contributed by atoms with Gasteiger partial charge in [0.05, 0.1) is 31.0 Å². The lowest BCUT2D eigenvalue weighted by Crippen LogP contribution is -2.30. The van der Waals surface area contributed by atoms with Crippen molar-refractivity contribution in [3.8, 4) is 0 Å². The number of benzene rings is 2. The maximum Gasteiger partial charge on any atom is 0.251 e. The molecule has 7 heteroatoms. The standard InChI is InChI=1S/C18H19N3O3S/c1-12-2-4-13(5-3-12)17(24-9-8-22)11-19-18(23)14-6-7-15-16(10-14)21-25-20-15/h2-7,10,17,22H,8-9,11H2,1H3,(H,19,23)/t17-/m0/s1. The molecule has 25 heavy (non-hydrogen) atoms. The van der Waals surface area contributed by atoms with Crippen molar-refractivity contribution in [1.82, 2.24) is 14.1 Å². The second-order valence-corrected chi connectivity index (χ2v) is 6.20. The molecule has 0 saturated heterocycles. The van der Waals surface area contributed by atoms with E-state index in [-0.39, 0.29) is 25.2 Å². The number of nitrogens with zero attached hydrogens (tertiary/aromatic N) is 2. The van der Waals surface area contributed by atoms with E-state index < -0.39 is 0 Å². The first-order chi connectivity index (χ1) is 12.2. The van der Waals surface area contributed by atoms with E-state index in [4.69, 9.17) is 9.84 Å². The van der Waals surface area contributed by atoms with Crippen molar-refractivity contribution in [1.29, 1.82) is 0 Å². The third-order valence-corrected chi connectivity index (χ3v) is 4.38. The van der Waals surface area contributed by atoms with E-state index in [2.05, 4.69) is 14.1 Å². The fourth-order valence-electron chi connectivity index (χ4n) is 2.46. The molecule has 0 aliphatic carbocycles. The van der Waals surface area contributed by atoms with Crippen LogP contribution in [0.15, 0.2) is 42.5 Å². The highest BCUT2D eigenvalue weighted by molar-refractivity contribution is 7.00. The van der Waals surface area contributed by atoms with Gasteiger partial charge < -0.3 is 15.2 Å². The van der Waals surface area contributed by atoms with Gasteiger partial charge in [-0.25, -0.2) is 0 Å². The minimum atomic E-state index is -0.318. The number of rotatable bonds is 7. The molecular weight excluding hydrogens is 338 g/mol. The summed E-state index contributed by atoms with van der Waals surface area (Å²) in [5, 5.41) is 11.9. The van der Waals surface area contributed by atoms with Crippen LogP contribution < -0.4 is 5.32 Å². The number of amides is 1. The maximum absolute atomic E-state index is 12.4. The van der Waals surface area contributed by atoms with Crippen molar-refractivity contribution in [3.05, 3.63) is 59.2 Å². The Balaban J connectivity index is 1.68. The predicted molar refractivity (Wildman–Crippen MR) is 96.7 cm³/mol. The highest BCUT2D eigenvalue weighted by Crippen LogP contribution is 2.18. The van der Waals surface area contributed by atoms with Gasteiger partial charge in [-0.15, -0.1) is 0 Å². The van der Waals surface area contributed by atoms with Crippen LogP contribution in [0.25, 0.3) is 11.0 Å². The van der Waals surface area contributed by atoms with Gasteiger partial charge in [-0.05, 0) is 30.7 Å². The Morgan fingerprint density at radius 1 is 1.20 bits per heavy atom. The number of aliphatic hydroxyl groups excluding tert-OH is 1. The number of ether oxygens (including phenoxy) is 1. The largest absolute Gasteiger partial charge is 0.394 e. The summed E-state index contributed by atoms with van der Waals surface area (Å²) in [7, 11) is 0. The van der Waals surface area contributed by atoms with Crippen LogP contribution in [0.5, 0.6) is 0 Å². The fourth-order valence-corrected chi connectivity index (χ4v) is 2.98. The zero-order valence-electron chi connectivity index (χ0n) is 13.8. The van der Waals surface area contributed by atoms with E-state index >= 15 is 0 Å². The Labute approximate surface area is 149 Å². The molecule has 0 unspecified atom stereocenters. The number of aromatic nitrogens is 2. The molecule has 6 nitrogen and oxygen atoms in total. The summed E-state index contributed by atoms with van der Waals surface area (Å²) >= 11 is 1.12. The van der Waals surface area contributed by atoms with E-state index in [0.717, 1.165) is 28.4 Å². The minimum Gasteiger partial charge on any atom is -0.394 e. The Kier molecular flexibility index (Phi) is 5.70. The van der Waals surface area contributed by atoms with Crippen molar-refractivity contribution in [2.24, 2.45) is 0 Å². The number of hydrogen-bond donors (Lipinski definition) is 2. The topological polar surface area (TPSA) is 84.3 Å². The first-order valence-electron chi connectivity index (χ1n) is 7.97. The van der Waals surface area contributed by atoms with Crippen molar-refractivity contribution in [2.45, 2.75) is 13.0 Å². The van der Waals surface area contributed by atoms with Gasteiger partial charge >= 0.3 is 0 Å². The van der Waals surface area contributed by atoms with Crippen LogP contribution in [0.4, 0.5) is 0 Å². The molecule has 0 spiro atoms. The number of carbonyl (C=O) groups is 1. The van der Waals surface area contributed by atoms with Crippen LogP contribution >= 0.6 is 11.7 Å². The molecule has 0 fully saturated rings. The molecule has 0 bridgehead atoms. The molecule has 0 aliphatic rings. The molecule has 1 heterocycles. The van der Waals surface area contributed by atoms with Crippen LogP contribution in [0.1, 0.15) is 27.6 Å². The van der Waals surface area contributed by atoms with Gasteiger partial charge in [0, 0.05) is 12.1 Å². The van der Waals surface area contributed by atoms with Gasteiger partial charge in [0.2, 0.25) is 0 Å². The quantitative estimate of drug-likeness (QED) is 0.679. The summed E-state index contributed by atoms with van der Waals surface area (Å²) in [4.78, 5) is 12.4. The Hall–Kier alpha value is -2.35. The number of nitrogens with one attached hydrogen (secondary N) is 1. The third kappa shape index (κ3) is 4.39. The number of aliphatic hydroxyl groups is 1. The Morgan fingerprint density at radius 2 is 1.96 bits per heavy atom. The van der Waals surface area contributed by atoms with Crippen LogP contribution in [-0.2, 0) is 4.74 Å². The summed E-state index contributed by atoms with van der Waals surface area (Å²) in [5.41, 5.74) is 4.14. The number of aryl methyl sites for hydroxylation is 1. The molecule has 0 radical (unpaired) electrons. The molecule has 2 N–H and O–H groups in total. The second-order valence-electron chi connectivity index (χ2n) is 5.67. The van der Waals surface area contributed by atoms with E-state index in [1.807, 2.05) is 31.2 Å². The first-order valence-corrected chi connectivity index (χ1v) is 8.70. The highest BCUT2D eigenvalue weighted by atomic mass is 32.1. The summed E-state index contributed by atoms with van der Waals surface area (Å²) in [5.74, 6) is -0.195. The molecule has 3 rings (SSSR count). The van der Waals surface area contributed by atoms with Crippen LogP contribution in [0.3, 0.4) is 0 Å². The van der Waals surface area contributed by atoms with Gasteiger partial charge in [-0.2, -0.15) is 8.75 Å². The van der Waals surface area contributed by atoms with E-state index in [1.54, 1.807) is 18.2 Å². The summed E-state index contributed by atoms with van der Waals surface area (Å²) in [6.07, 6.45) is -0.318. The SMILES string of the molecule is Cc1ccc([C@H](CNC(=O)c2ccc3nsnc3c2)OCCO)cc1. The number of fused-ring (bicyclic) bond motifs is 1. The minimum absolute atomic E-state index is 0.0657. The Bertz CT molecular complexity index is 848. The lowest BCUT2D eigenvalue weighted by molar-refractivity contribution is 0.0277. The van der Waals surface area contributed by atoms with E-state index in [9.17, 15) is 4.79 Å². The molecule has 130 valence electrons. The first kappa shape index (κ1) is 17.5. The fraction of sp³-hybridized carbons (Fsp3) is 0.278. The van der Waals surface area contributed by atoms with E-state index in [0.29, 0.717) is 17.6 Å². The van der Waals surface area contributed by atoms with Gasteiger partial charge in [0.1, 0.15) is 11.0 Å². The summed E-state index contributed by atoms with van der Waals surface area (Å²) < 4.78 is 14.0. The molecular formula is C18H19N3O3S. The van der Waals surface area contributed by atoms with Crippen LogP contribution in [-0.4, -0.2) is 39.5 Å². The van der Waals surface area contributed by atoms with Gasteiger partial charge in [0.15, 0.2) is 0 Å². The highest BCUT2D eigenvalue weighted by Gasteiger charge is 2.15. The third-order valence-electron chi connectivity index (χ3n) is 3.82. The Morgan fingerprint density at radius 3 is 2.72 bits per heavy atom. The molecule has 1 amide bonds. The molecule has 3 aromatic rings. The maximum atomic E-state index is 12.4. The van der Waals surface area contributed by atoms with Crippen LogP contribution in [0, 0.1) is 6.92 Å². The zero-order valence-corrected chi connectivity index (χ0v) is 14.6. The molecule has 0 saturated carbocycles. The molecule has 1 aromatic heterocycles. The average molecular weight is 357 g/mol. The summed E-state index contributed by atoms with van der Waals surface area (Å²) in [6, 6.07) is 13.2. The van der Waals surface area contributed by atoms with Crippen molar-refractivity contribution in [2.75, 3.05) is 19.8 Å². The molecule has 2 aromatic carbocycles. The number of hydrogen-bond acceptors (Lipinski definition) is 6. The van der Waals surface area contributed by atoms with Crippen molar-refractivity contribution < 1.29 is 14.6 Å².